The van der Waals surface area contributed by atoms with E-state index in [0.717, 1.165) is 43.2 Å². The van der Waals surface area contributed by atoms with Gasteiger partial charge in [0.2, 0.25) is 0 Å². The van der Waals surface area contributed by atoms with E-state index >= 15 is 0 Å². The zero-order valence-electron chi connectivity index (χ0n) is 11.9. The molecule has 108 valence electrons. The monoisotopic (exact) mass is 285 g/mol. The summed E-state index contributed by atoms with van der Waals surface area (Å²) < 4.78 is 2.08. The van der Waals surface area contributed by atoms with Crippen LogP contribution in [0.5, 0.6) is 0 Å². The highest BCUT2D eigenvalue weighted by Gasteiger charge is 2.13. The van der Waals surface area contributed by atoms with Crippen molar-refractivity contribution >= 4 is 17.7 Å². The lowest BCUT2D eigenvalue weighted by atomic mass is 10.1. The van der Waals surface area contributed by atoms with Crippen LogP contribution in [0.3, 0.4) is 0 Å². The smallest absolute Gasteiger partial charge is 0.313 e. The first kappa shape index (κ1) is 16.0. The lowest BCUT2D eigenvalue weighted by Gasteiger charge is -2.10. The molecule has 0 aliphatic heterocycles. The molecule has 0 fully saturated rings. The van der Waals surface area contributed by atoms with Crippen molar-refractivity contribution < 1.29 is 9.90 Å². The summed E-state index contributed by atoms with van der Waals surface area (Å²) in [5.41, 5.74) is 0. The van der Waals surface area contributed by atoms with E-state index in [4.69, 9.17) is 5.11 Å². The molecule has 0 aliphatic carbocycles. The van der Waals surface area contributed by atoms with Gasteiger partial charge in [0.25, 0.3) is 0 Å². The average molecular weight is 285 g/mol. The predicted molar refractivity (Wildman–Crippen MR) is 76.4 cm³/mol. The Balaban J connectivity index is 2.70. The van der Waals surface area contributed by atoms with Gasteiger partial charge in [0.15, 0.2) is 5.16 Å². The van der Waals surface area contributed by atoms with Crippen molar-refractivity contribution in [3.63, 3.8) is 0 Å². The number of nitrogens with zero attached hydrogens (tertiary/aromatic N) is 3. The second-order valence-electron chi connectivity index (χ2n) is 5.02. The molecule has 5 nitrogen and oxygen atoms in total. The van der Waals surface area contributed by atoms with Gasteiger partial charge in [-0.3, -0.25) is 4.79 Å². The van der Waals surface area contributed by atoms with Gasteiger partial charge in [0.1, 0.15) is 5.82 Å². The van der Waals surface area contributed by atoms with E-state index in [0.29, 0.717) is 5.92 Å². The quantitative estimate of drug-likeness (QED) is 0.707. The maximum Gasteiger partial charge on any atom is 0.313 e. The Labute approximate surface area is 118 Å². The van der Waals surface area contributed by atoms with E-state index in [1.807, 2.05) is 0 Å². The Morgan fingerprint density at radius 2 is 2.16 bits per heavy atom. The van der Waals surface area contributed by atoms with Crippen molar-refractivity contribution in [1.29, 1.82) is 0 Å². The topological polar surface area (TPSA) is 68.0 Å². The normalized spacial score (nSPS) is 11.2. The van der Waals surface area contributed by atoms with Gasteiger partial charge in [-0.2, -0.15) is 0 Å². The number of rotatable bonds is 9. The molecule has 0 amide bonds. The Bertz CT molecular complexity index is 405. The summed E-state index contributed by atoms with van der Waals surface area (Å²) in [6, 6.07) is 0. The summed E-state index contributed by atoms with van der Waals surface area (Å²) in [6.45, 7) is 7.40. The second-order valence-corrected chi connectivity index (χ2v) is 5.96. The zero-order valence-corrected chi connectivity index (χ0v) is 12.7. The standard InChI is InChI=1S/C13H23N3O2S/c1-4-6-11-14-15-13(19-9-12(17)18)16(11)8-5-7-10(2)3/h10H,4-9H2,1-3H3,(H,17,18). The van der Waals surface area contributed by atoms with Crippen molar-refractivity contribution in [2.75, 3.05) is 5.75 Å². The van der Waals surface area contributed by atoms with Crippen molar-refractivity contribution in [2.24, 2.45) is 5.92 Å². The summed E-state index contributed by atoms with van der Waals surface area (Å²) >= 11 is 1.25. The van der Waals surface area contributed by atoms with Crippen LogP contribution < -0.4 is 0 Å². The third-order valence-electron chi connectivity index (χ3n) is 2.75. The molecule has 0 unspecified atom stereocenters. The molecule has 0 saturated heterocycles. The van der Waals surface area contributed by atoms with Crippen molar-refractivity contribution in [3.8, 4) is 0 Å². The highest BCUT2D eigenvalue weighted by atomic mass is 32.2. The Morgan fingerprint density at radius 3 is 2.74 bits per heavy atom. The highest BCUT2D eigenvalue weighted by molar-refractivity contribution is 7.99. The van der Waals surface area contributed by atoms with E-state index in [1.165, 1.54) is 11.8 Å². The van der Waals surface area contributed by atoms with E-state index in [-0.39, 0.29) is 5.75 Å². The first-order valence-electron chi connectivity index (χ1n) is 6.81. The molecule has 6 heteroatoms. The fourth-order valence-corrected chi connectivity index (χ4v) is 2.55. The van der Waals surface area contributed by atoms with Gasteiger partial charge < -0.3 is 9.67 Å². The Morgan fingerprint density at radius 1 is 1.42 bits per heavy atom. The summed E-state index contributed by atoms with van der Waals surface area (Å²) in [7, 11) is 0. The molecule has 0 bridgehead atoms. The summed E-state index contributed by atoms with van der Waals surface area (Å²) in [5.74, 6) is 0.869. The molecular weight excluding hydrogens is 262 g/mol. The van der Waals surface area contributed by atoms with Crippen LogP contribution in [0, 0.1) is 5.92 Å². The maximum absolute atomic E-state index is 10.6. The number of aliphatic carboxylic acids is 1. The van der Waals surface area contributed by atoms with Crippen LogP contribution >= 0.6 is 11.8 Å². The largest absolute Gasteiger partial charge is 0.481 e. The molecule has 19 heavy (non-hydrogen) atoms. The van der Waals surface area contributed by atoms with Crippen molar-refractivity contribution in [3.05, 3.63) is 5.82 Å². The van der Waals surface area contributed by atoms with Crippen molar-refractivity contribution in [2.45, 2.75) is 58.2 Å². The molecule has 0 atom stereocenters. The number of hydrogen-bond acceptors (Lipinski definition) is 4. The molecule has 1 N–H and O–H groups in total. The van der Waals surface area contributed by atoms with Crippen LogP contribution in [0.2, 0.25) is 0 Å². The minimum absolute atomic E-state index is 0.0361. The number of aromatic nitrogens is 3. The van der Waals surface area contributed by atoms with Gasteiger partial charge >= 0.3 is 5.97 Å². The molecule has 0 spiro atoms. The van der Waals surface area contributed by atoms with Gasteiger partial charge in [-0.1, -0.05) is 32.5 Å². The van der Waals surface area contributed by atoms with Crippen molar-refractivity contribution in [1.82, 2.24) is 14.8 Å². The SMILES string of the molecule is CCCc1nnc(SCC(=O)O)n1CCCC(C)C. The van der Waals surface area contributed by atoms with E-state index in [9.17, 15) is 4.79 Å². The summed E-state index contributed by atoms with van der Waals surface area (Å²) in [6.07, 6.45) is 4.15. The number of aryl methyl sites for hydroxylation is 1. The Hall–Kier alpha value is -1.04. The average Bonchev–Trinajstić information content (AvgIpc) is 2.70. The fraction of sp³-hybridized carbons (Fsp3) is 0.769. The van der Waals surface area contributed by atoms with Crippen LogP contribution in [0.15, 0.2) is 5.16 Å². The second kappa shape index (κ2) is 8.19. The molecule has 1 heterocycles. The number of hydrogen-bond donors (Lipinski definition) is 1. The third-order valence-corrected chi connectivity index (χ3v) is 3.71. The summed E-state index contributed by atoms with van der Waals surface area (Å²) in [4.78, 5) is 10.6. The first-order valence-corrected chi connectivity index (χ1v) is 7.79. The molecular formula is C13H23N3O2S. The molecule has 1 aromatic heterocycles. The third kappa shape index (κ3) is 5.63. The molecule has 1 rings (SSSR count). The Kier molecular flexibility index (Phi) is 6.91. The van der Waals surface area contributed by atoms with Gasteiger partial charge in [-0.15, -0.1) is 10.2 Å². The van der Waals surface area contributed by atoms with Crippen LogP contribution in [0.1, 0.15) is 45.9 Å². The van der Waals surface area contributed by atoms with E-state index in [1.54, 1.807) is 0 Å². The zero-order chi connectivity index (χ0) is 14.3. The van der Waals surface area contributed by atoms with Crippen LogP contribution in [0.4, 0.5) is 0 Å². The number of carboxylic acid groups (broad SMARTS) is 1. The van der Waals surface area contributed by atoms with Gasteiger partial charge in [-0.05, 0) is 25.2 Å². The minimum Gasteiger partial charge on any atom is -0.481 e. The van der Waals surface area contributed by atoms with Gasteiger partial charge in [0.05, 0.1) is 5.75 Å². The summed E-state index contributed by atoms with van der Waals surface area (Å²) in [5, 5.41) is 17.8. The lowest BCUT2D eigenvalue weighted by molar-refractivity contribution is -0.133. The molecule has 1 aromatic rings. The number of thioether (sulfide) groups is 1. The molecule has 0 radical (unpaired) electrons. The highest BCUT2D eigenvalue weighted by Crippen LogP contribution is 2.19. The minimum atomic E-state index is -0.821. The van der Waals surface area contributed by atoms with Crippen LogP contribution in [-0.4, -0.2) is 31.6 Å². The molecule has 0 saturated carbocycles. The maximum atomic E-state index is 10.6. The number of carbonyl (C=O) groups is 1. The van der Waals surface area contributed by atoms with Crippen LogP contribution in [-0.2, 0) is 17.8 Å². The van der Waals surface area contributed by atoms with Crippen LogP contribution in [0.25, 0.3) is 0 Å². The van der Waals surface area contributed by atoms with Gasteiger partial charge in [-0.25, -0.2) is 0 Å². The molecule has 0 aromatic carbocycles. The lowest BCUT2D eigenvalue weighted by Crippen LogP contribution is -2.08. The molecule has 0 aliphatic rings. The van der Waals surface area contributed by atoms with E-state index in [2.05, 4.69) is 35.5 Å². The van der Waals surface area contributed by atoms with Gasteiger partial charge in [0, 0.05) is 13.0 Å². The number of carboxylic acids is 1. The first-order chi connectivity index (χ1) is 9.04. The van der Waals surface area contributed by atoms with E-state index < -0.39 is 5.97 Å². The predicted octanol–water partition coefficient (Wildman–Crippen LogP) is 2.84. The fourth-order valence-electron chi connectivity index (χ4n) is 1.84.